The van der Waals surface area contributed by atoms with Gasteiger partial charge in [0, 0.05) is 11.8 Å². The minimum Gasteiger partial charge on any atom is -0.346 e. The molecular formula is C6H9N5OS. The molecule has 0 saturated carbocycles. The number of rotatable bonds is 2. The van der Waals surface area contributed by atoms with Crippen LogP contribution in [0.3, 0.4) is 0 Å². The Bertz CT molecular complexity index is 281. The van der Waals surface area contributed by atoms with E-state index in [1.165, 1.54) is 0 Å². The smallest absolute Gasteiger partial charge is 0.293 e. The van der Waals surface area contributed by atoms with Crippen molar-refractivity contribution < 1.29 is 4.79 Å². The van der Waals surface area contributed by atoms with Gasteiger partial charge in [-0.3, -0.25) is 4.79 Å². The molecule has 0 bridgehead atoms. The van der Waals surface area contributed by atoms with Crippen LogP contribution in [0.4, 0.5) is 0 Å². The van der Waals surface area contributed by atoms with E-state index in [0.717, 1.165) is 17.9 Å². The van der Waals surface area contributed by atoms with E-state index in [4.69, 9.17) is 0 Å². The molecule has 2 N–H and O–H groups in total. The van der Waals surface area contributed by atoms with Crippen molar-refractivity contribution in [3.63, 3.8) is 0 Å². The van der Waals surface area contributed by atoms with Crippen LogP contribution in [0.2, 0.25) is 0 Å². The molecule has 1 aromatic heterocycles. The molecule has 0 aromatic carbocycles. The Kier molecular flexibility index (Phi) is 2.44. The van der Waals surface area contributed by atoms with E-state index < -0.39 is 0 Å². The van der Waals surface area contributed by atoms with Gasteiger partial charge in [-0.05, 0) is 17.4 Å². The summed E-state index contributed by atoms with van der Waals surface area (Å²) in [6.07, 6.45) is 1.02. The summed E-state index contributed by atoms with van der Waals surface area (Å²) in [6, 6.07) is 0.260. The third-order valence-corrected chi connectivity index (χ3v) is 2.98. The number of carbonyl (C=O) groups excluding carboxylic acids is 1. The van der Waals surface area contributed by atoms with Gasteiger partial charge >= 0.3 is 0 Å². The number of carbonyl (C=O) groups is 1. The highest BCUT2D eigenvalue weighted by Gasteiger charge is 2.20. The topological polar surface area (TPSA) is 83.6 Å². The monoisotopic (exact) mass is 199 g/mol. The second-order valence-corrected chi connectivity index (χ2v) is 3.92. The van der Waals surface area contributed by atoms with Gasteiger partial charge in [0.05, 0.1) is 0 Å². The number of hydrogen-bond donors (Lipinski definition) is 2. The Morgan fingerprint density at radius 1 is 1.69 bits per heavy atom. The lowest BCUT2D eigenvalue weighted by molar-refractivity contribution is 0.0930. The van der Waals surface area contributed by atoms with Crippen molar-refractivity contribution in [3.8, 4) is 0 Å². The first kappa shape index (κ1) is 8.49. The Balaban J connectivity index is 1.91. The van der Waals surface area contributed by atoms with Crippen molar-refractivity contribution >= 4 is 17.7 Å². The zero-order chi connectivity index (χ0) is 9.10. The molecule has 0 spiro atoms. The summed E-state index contributed by atoms with van der Waals surface area (Å²) in [5.74, 6) is 1.94. The van der Waals surface area contributed by atoms with Gasteiger partial charge in [-0.25, -0.2) is 0 Å². The number of nitrogens with one attached hydrogen (secondary N) is 2. The molecule has 1 saturated heterocycles. The van der Waals surface area contributed by atoms with Crippen LogP contribution in [0.5, 0.6) is 0 Å². The van der Waals surface area contributed by atoms with Gasteiger partial charge < -0.3 is 5.32 Å². The number of amides is 1. The lowest BCUT2D eigenvalue weighted by atomic mass is 10.2. The molecule has 1 aliphatic heterocycles. The fourth-order valence-electron chi connectivity index (χ4n) is 1.16. The van der Waals surface area contributed by atoms with Crippen LogP contribution in [0.1, 0.15) is 17.0 Å². The fraction of sp³-hybridized carbons (Fsp3) is 0.667. The van der Waals surface area contributed by atoms with Crippen LogP contribution in [0.25, 0.3) is 0 Å². The molecule has 1 atom stereocenters. The van der Waals surface area contributed by atoms with Crippen LogP contribution in [-0.4, -0.2) is 44.1 Å². The number of hydrogen-bond acceptors (Lipinski definition) is 5. The van der Waals surface area contributed by atoms with E-state index in [1.807, 2.05) is 11.8 Å². The van der Waals surface area contributed by atoms with E-state index in [0.29, 0.717) is 0 Å². The third kappa shape index (κ3) is 1.97. The summed E-state index contributed by atoms with van der Waals surface area (Å²) >= 11 is 1.84. The van der Waals surface area contributed by atoms with Crippen molar-refractivity contribution in [1.82, 2.24) is 25.9 Å². The molecule has 0 aliphatic carbocycles. The highest BCUT2D eigenvalue weighted by molar-refractivity contribution is 7.99. The first-order valence-electron chi connectivity index (χ1n) is 3.98. The predicted molar refractivity (Wildman–Crippen MR) is 47.4 cm³/mol. The average Bonchev–Trinajstić information content (AvgIpc) is 2.74. The minimum absolute atomic E-state index is 0.108. The molecule has 6 nitrogen and oxygen atoms in total. The zero-order valence-electron chi connectivity index (χ0n) is 6.86. The number of aromatic nitrogens is 4. The lowest BCUT2D eigenvalue weighted by Gasteiger charge is -2.07. The highest BCUT2D eigenvalue weighted by atomic mass is 32.2. The molecule has 1 aliphatic rings. The molecule has 70 valence electrons. The zero-order valence-corrected chi connectivity index (χ0v) is 7.67. The standard InChI is InChI=1S/C6H9N5OS/c12-6(5-8-10-11-9-5)7-4-1-2-13-3-4/h4H,1-3H2,(H,7,12)(H,8,9,10,11). The third-order valence-electron chi connectivity index (χ3n) is 1.81. The average molecular weight is 199 g/mol. The SMILES string of the molecule is O=C(NC1CCSC1)c1nn[nH]n1. The van der Waals surface area contributed by atoms with Crippen molar-refractivity contribution in [2.24, 2.45) is 0 Å². The second kappa shape index (κ2) is 3.73. The maximum absolute atomic E-state index is 11.4. The molecule has 13 heavy (non-hydrogen) atoms. The molecule has 1 amide bonds. The first-order valence-corrected chi connectivity index (χ1v) is 5.14. The summed E-state index contributed by atoms with van der Waals surface area (Å²) in [7, 11) is 0. The van der Waals surface area contributed by atoms with Gasteiger partial charge in [0.2, 0.25) is 0 Å². The number of nitrogens with zero attached hydrogens (tertiary/aromatic N) is 3. The quantitative estimate of drug-likeness (QED) is 0.666. The minimum atomic E-state index is -0.249. The Morgan fingerprint density at radius 2 is 2.62 bits per heavy atom. The normalized spacial score (nSPS) is 21.7. The predicted octanol–water partition coefficient (Wildman–Crippen LogP) is -0.565. The lowest BCUT2D eigenvalue weighted by Crippen LogP contribution is -2.35. The van der Waals surface area contributed by atoms with Gasteiger partial charge in [-0.1, -0.05) is 0 Å². The van der Waals surface area contributed by atoms with E-state index >= 15 is 0 Å². The maximum Gasteiger partial charge on any atom is 0.293 e. The van der Waals surface area contributed by atoms with Crippen molar-refractivity contribution in [3.05, 3.63) is 5.82 Å². The highest BCUT2D eigenvalue weighted by Crippen LogP contribution is 2.16. The summed E-state index contributed by atoms with van der Waals surface area (Å²) < 4.78 is 0. The van der Waals surface area contributed by atoms with Gasteiger partial charge in [0.25, 0.3) is 11.7 Å². The van der Waals surface area contributed by atoms with E-state index in [1.54, 1.807) is 0 Å². The van der Waals surface area contributed by atoms with E-state index in [2.05, 4.69) is 25.9 Å². The molecular weight excluding hydrogens is 190 g/mol. The van der Waals surface area contributed by atoms with Crippen molar-refractivity contribution in [2.75, 3.05) is 11.5 Å². The van der Waals surface area contributed by atoms with Crippen molar-refractivity contribution in [2.45, 2.75) is 12.5 Å². The van der Waals surface area contributed by atoms with Gasteiger partial charge in [0.1, 0.15) is 0 Å². The molecule has 7 heteroatoms. The first-order chi connectivity index (χ1) is 6.36. The Hall–Kier alpha value is -1.11. The number of thioether (sulfide) groups is 1. The summed E-state index contributed by atoms with van der Waals surface area (Å²) in [5.41, 5.74) is 0. The van der Waals surface area contributed by atoms with Crippen molar-refractivity contribution in [1.29, 1.82) is 0 Å². The maximum atomic E-state index is 11.4. The van der Waals surface area contributed by atoms with E-state index in [9.17, 15) is 4.79 Å². The molecule has 1 aromatic rings. The van der Waals surface area contributed by atoms with Gasteiger partial charge in [0.15, 0.2) is 0 Å². The number of H-pyrrole nitrogens is 1. The second-order valence-electron chi connectivity index (χ2n) is 2.77. The van der Waals surface area contributed by atoms with Crippen LogP contribution < -0.4 is 5.32 Å². The van der Waals surface area contributed by atoms with Crippen LogP contribution in [0, 0.1) is 0 Å². The molecule has 1 unspecified atom stereocenters. The fourth-order valence-corrected chi connectivity index (χ4v) is 2.31. The molecule has 1 fully saturated rings. The van der Waals surface area contributed by atoms with Gasteiger partial charge in [-0.2, -0.15) is 17.0 Å². The molecule has 2 rings (SSSR count). The number of aromatic amines is 1. The largest absolute Gasteiger partial charge is 0.346 e. The Morgan fingerprint density at radius 3 is 3.23 bits per heavy atom. The summed E-state index contributed by atoms with van der Waals surface area (Å²) in [4.78, 5) is 11.4. The van der Waals surface area contributed by atoms with Crippen LogP contribution in [0.15, 0.2) is 0 Å². The van der Waals surface area contributed by atoms with Crippen LogP contribution in [-0.2, 0) is 0 Å². The van der Waals surface area contributed by atoms with Crippen LogP contribution >= 0.6 is 11.8 Å². The molecule has 2 heterocycles. The molecule has 0 radical (unpaired) electrons. The number of tetrazole rings is 1. The van der Waals surface area contributed by atoms with E-state index in [-0.39, 0.29) is 17.8 Å². The summed E-state index contributed by atoms with van der Waals surface area (Å²) in [6.45, 7) is 0. The van der Waals surface area contributed by atoms with Gasteiger partial charge in [-0.15, -0.1) is 10.2 Å². The summed E-state index contributed by atoms with van der Waals surface area (Å²) in [5, 5.41) is 15.6. The Labute approximate surface area is 78.9 Å².